The maximum absolute atomic E-state index is 6.21. The predicted octanol–water partition coefficient (Wildman–Crippen LogP) is 3.89. The molecule has 102 valence electrons. The molecule has 2 aromatic rings. The van der Waals surface area contributed by atoms with Crippen molar-refractivity contribution in [3.05, 3.63) is 45.2 Å². The third-order valence-electron chi connectivity index (χ3n) is 3.24. The Kier molecular flexibility index (Phi) is 3.85. The lowest BCUT2D eigenvalue weighted by molar-refractivity contribution is 0.301. The summed E-state index contributed by atoms with van der Waals surface area (Å²) in [6.07, 6.45) is 0. The molecule has 0 amide bonds. The molecule has 0 atom stereocenters. The van der Waals surface area contributed by atoms with Crippen molar-refractivity contribution in [2.24, 2.45) is 7.05 Å². The van der Waals surface area contributed by atoms with Gasteiger partial charge in [0.2, 0.25) is 0 Å². The van der Waals surface area contributed by atoms with Gasteiger partial charge >= 0.3 is 0 Å². The summed E-state index contributed by atoms with van der Waals surface area (Å²) >= 11 is 6.21. The van der Waals surface area contributed by atoms with Crippen molar-refractivity contribution in [3.63, 3.8) is 0 Å². The van der Waals surface area contributed by atoms with Gasteiger partial charge in [-0.25, -0.2) is 0 Å². The quantitative estimate of drug-likeness (QED) is 0.852. The van der Waals surface area contributed by atoms with Gasteiger partial charge in [-0.2, -0.15) is 5.10 Å². The largest absolute Gasteiger partial charge is 0.488 e. The van der Waals surface area contributed by atoms with E-state index in [0.717, 1.165) is 28.1 Å². The van der Waals surface area contributed by atoms with Gasteiger partial charge in [-0.3, -0.25) is 4.68 Å². The first-order valence-corrected chi connectivity index (χ1v) is 6.66. The van der Waals surface area contributed by atoms with E-state index in [1.807, 2.05) is 14.0 Å². The third kappa shape index (κ3) is 2.76. The number of hydrogen-bond donors (Lipinski definition) is 0. The van der Waals surface area contributed by atoms with Crippen molar-refractivity contribution >= 4 is 11.6 Å². The Morgan fingerprint density at radius 3 is 2.21 bits per heavy atom. The van der Waals surface area contributed by atoms with Crippen molar-refractivity contribution in [1.82, 2.24) is 9.78 Å². The molecule has 1 heterocycles. The molecule has 0 fully saturated rings. The van der Waals surface area contributed by atoms with Gasteiger partial charge in [0.1, 0.15) is 17.5 Å². The molecule has 3 nitrogen and oxygen atoms in total. The Bertz CT molecular complexity index is 594. The number of ether oxygens (including phenoxy) is 1. The number of aryl methyl sites for hydroxylation is 5. The molecule has 0 N–H and O–H groups in total. The zero-order valence-electron chi connectivity index (χ0n) is 12.0. The van der Waals surface area contributed by atoms with Gasteiger partial charge in [-0.1, -0.05) is 29.3 Å². The Morgan fingerprint density at radius 1 is 1.16 bits per heavy atom. The number of rotatable bonds is 3. The highest BCUT2D eigenvalue weighted by Gasteiger charge is 2.13. The van der Waals surface area contributed by atoms with Gasteiger partial charge in [0.25, 0.3) is 0 Å². The van der Waals surface area contributed by atoms with E-state index in [1.165, 1.54) is 5.56 Å². The van der Waals surface area contributed by atoms with Crippen LogP contribution in [-0.4, -0.2) is 9.78 Å². The predicted molar refractivity (Wildman–Crippen MR) is 77.9 cm³/mol. The zero-order chi connectivity index (χ0) is 14.2. The molecule has 2 rings (SSSR count). The van der Waals surface area contributed by atoms with Crippen molar-refractivity contribution in [1.29, 1.82) is 0 Å². The van der Waals surface area contributed by atoms with E-state index in [4.69, 9.17) is 16.3 Å². The molecule has 0 saturated carbocycles. The van der Waals surface area contributed by atoms with Gasteiger partial charge in [0.05, 0.1) is 5.69 Å². The summed E-state index contributed by atoms with van der Waals surface area (Å²) in [5.74, 6) is 0.935. The Labute approximate surface area is 119 Å². The molecule has 0 aliphatic heterocycles. The topological polar surface area (TPSA) is 27.1 Å². The Morgan fingerprint density at radius 2 is 1.74 bits per heavy atom. The SMILES string of the molecule is Cc1cc(C)c(OCc2c(C)nn(C)c2Cl)c(C)c1. The molecule has 0 aliphatic rings. The summed E-state index contributed by atoms with van der Waals surface area (Å²) in [5, 5.41) is 4.93. The first kappa shape index (κ1) is 13.9. The van der Waals surface area contributed by atoms with Crippen LogP contribution in [0.3, 0.4) is 0 Å². The van der Waals surface area contributed by atoms with E-state index >= 15 is 0 Å². The van der Waals surface area contributed by atoms with E-state index in [9.17, 15) is 0 Å². The molecule has 19 heavy (non-hydrogen) atoms. The highest BCUT2D eigenvalue weighted by Crippen LogP contribution is 2.27. The smallest absolute Gasteiger partial charge is 0.133 e. The monoisotopic (exact) mass is 278 g/mol. The number of aromatic nitrogens is 2. The number of halogens is 1. The average molecular weight is 279 g/mol. The molecule has 0 saturated heterocycles. The lowest BCUT2D eigenvalue weighted by Crippen LogP contribution is -2.00. The molecule has 0 bridgehead atoms. The van der Waals surface area contributed by atoms with Gasteiger partial charge in [0, 0.05) is 12.6 Å². The fourth-order valence-electron chi connectivity index (χ4n) is 2.38. The number of hydrogen-bond acceptors (Lipinski definition) is 2. The van der Waals surface area contributed by atoms with Gasteiger partial charge in [-0.15, -0.1) is 0 Å². The highest BCUT2D eigenvalue weighted by molar-refractivity contribution is 6.30. The van der Waals surface area contributed by atoms with Crippen LogP contribution < -0.4 is 4.74 Å². The zero-order valence-corrected chi connectivity index (χ0v) is 12.8. The molecule has 0 aliphatic carbocycles. The highest BCUT2D eigenvalue weighted by atomic mass is 35.5. The number of nitrogens with zero attached hydrogens (tertiary/aromatic N) is 2. The van der Waals surface area contributed by atoms with Gasteiger partial charge in [0.15, 0.2) is 0 Å². The average Bonchev–Trinajstić information content (AvgIpc) is 2.53. The van der Waals surface area contributed by atoms with Crippen molar-refractivity contribution in [2.45, 2.75) is 34.3 Å². The minimum atomic E-state index is 0.448. The summed E-state index contributed by atoms with van der Waals surface area (Å²) in [4.78, 5) is 0. The summed E-state index contributed by atoms with van der Waals surface area (Å²) in [6, 6.07) is 4.25. The van der Waals surface area contributed by atoms with Crippen LogP contribution in [0.4, 0.5) is 0 Å². The fraction of sp³-hybridized carbons (Fsp3) is 0.400. The standard InChI is InChI=1S/C15H19ClN2O/c1-9-6-10(2)14(11(3)7-9)19-8-13-12(4)17-18(5)15(13)16/h6-7H,8H2,1-5H3. The van der Waals surface area contributed by atoms with E-state index in [0.29, 0.717) is 11.8 Å². The maximum Gasteiger partial charge on any atom is 0.133 e. The summed E-state index contributed by atoms with van der Waals surface area (Å²) in [7, 11) is 1.83. The van der Waals surface area contributed by atoms with Crippen LogP contribution >= 0.6 is 11.6 Å². The summed E-state index contributed by atoms with van der Waals surface area (Å²) in [6.45, 7) is 8.61. The van der Waals surface area contributed by atoms with Crippen molar-refractivity contribution in [3.8, 4) is 5.75 Å². The molecule has 4 heteroatoms. The molecule has 1 aromatic carbocycles. The lowest BCUT2D eigenvalue weighted by Gasteiger charge is -2.13. The Hall–Kier alpha value is -1.48. The molecule has 1 aromatic heterocycles. The van der Waals surface area contributed by atoms with Crippen LogP contribution in [0.25, 0.3) is 0 Å². The minimum absolute atomic E-state index is 0.448. The minimum Gasteiger partial charge on any atom is -0.488 e. The molecule has 0 radical (unpaired) electrons. The second-order valence-corrected chi connectivity index (χ2v) is 5.35. The lowest BCUT2D eigenvalue weighted by atomic mass is 10.1. The van der Waals surface area contributed by atoms with E-state index < -0.39 is 0 Å². The third-order valence-corrected chi connectivity index (χ3v) is 3.71. The first-order chi connectivity index (χ1) is 8.90. The normalized spacial score (nSPS) is 10.8. The fourth-order valence-corrected chi connectivity index (χ4v) is 2.61. The van der Waals surface area contributed by atoms with Crippen LogP contribution in [0.15, 0.2) is 12.1 Å². The summed E-state index contributed by atoms with van der Waals surface area (Å²) in [5.41, 5.74) is 5.40. The van der Waals surface area contributed by atoms with E-state index in [2.05, 4.69) is 38.0 Å². The molecular weight excluding hydrogens is 260 g/mol. The molecule has 0 unspecified atom stereocenters. The second kappa shape index (κ2) is 5.25. The molecular formula is C15H19ClN2O. The van der Waals surface area contributed by atoms with E-state index in [1.54, 1.807) is 4.68 Å². The van der Waals surface area contributed by atoms with Crippen LogP contribution in [-0.2, 0) is 13.7 Å². The Balaban J connectivity index is 2.24. The first-order valence-electron chi connectivity index (χ1n) is 6.28. The van der Waals surface area contributed by atoms with Gasteiger partial charge < -0.3 is 4.74 Å². The van der Waals surface area contributed by atoms with Crippen LogP contribution in [0.2, 0.25) is 5.15 Å². The van der Waals surface area contributed by atoms with Crippen LogP contribution in [0.5, 0.6) is 5.75 Å². The maximum atomic E-state index is 6.21. The van der Waals surface area contributed by atoms with Gasteiger partial charge in [-0.05, 0) is 38.8 Å². The summed E-state index contributed by atoms with van der Waals surface area (Å²) < 4.78 is 7.62. The van der Waals surface area contributed by atoms with Crippen LogP contribution in [0, 0.1) is 27.7 Å². The van der Waals surface area contributed by atoms with Crippen LogP contribution in [0.1, 0.15) is 27.9 Å². The van der Waals surface area contributed by atoms with Crippen molar-refractivity contribution < 1.29 is 4.74 Å². The van der Waals surface area contributed by atoms with Crippen molar-refractivity contribution in [2.75, 3.05) is 0 Å². The number of benzene rings is 1. The second-order valence-electron chi connectivity index (χ2n) is 4.99. The van der Waals surface area contributed by atoms with E-state index in [-0.39, 0.29) is 0 Å². The molecule has 0 spiro atoms.